The molecule has 0 saturated carbocycles. The van der Waals surface area contributed by atoms with E-state index < -0.39 is 0 Å². The van der Waals surface area contributed by atoms with Crippen molar-refractivity contribution in [3.63, 3.8) is 0 Å². The number of hydrogen-bond donors (Lipinski definition) is 0. The molecule has 14 heavy (non-hydrogen) atoms. The van der Waals surface area contributed by atoms with Gasteiger partial charge in [-0.15, -0.1) is 0 Å². The molecule has 0 aromatic carbocycles. The molecule has 1 atom stereocenters. The van der Waals surface area contributed by atoms with Gasteiger partial charge in [-0.25, -0.2) is 0 Å². The number of rotatable bonds is 0. The maximum atomic E-state index is 2.51. The van der Waals surface area contributed by atoms with Crippen molar-refractivity contribution in [3.05, 3.63) is 0 Å². The van der Waals surface area contributed by atoms with E-state index in [1.54, 1.807) is 0 Å². The normalized spacial score (nSPS) is 31.3. The zero-order chi connectivity index (χ0) is 11.2. The number of likely N-dealkylation sites (tertiary alicyclic amines) is 2. The Hall–Kier alpha value is -0.0800. The quantitative estimate of drug-likeness (QED) is 0.592. The fraction of sp³-hybridized carbons (Fsp3) is 1.00. The van der Waals surface area contributed by atoms with Gasteiger partial charge < -0.3 is 4.90 Å². The van der Waals surface area contributed by atoms with Crippen molar-refractivity contribution in [1.29, 1.82) is 0 Å². The summed E-state index contributed by atoms with van der Waals surface area (Å²) in [7, 11) is 4.48. The van der Waals surface area contributed by atoms with E-state index in [1.165, 1.54) is 32.5 Å². The van der Waals surface area contributed by atoms with Crippen LogP contribution in [0, 0.1) is 0 Å². The molecule has 0 amide bonds. The van der Waals surface area contributed by atoms with E-state index >= 15 is 0 Å². The molecule has 0 aliphatic carbocycles. The first kappa shape index (κ1) is 13.9. The first-order chi connectivity index (χ1) is 6.73. The third-order valence-corrected chi connectivity index (χ3v) is 3.25. The van der Waals surface area contributed by atoms with Gasteiger partial charge in [-0.3, -0.25) is 4.90 Å². The number of likely N-dealkylation sites (N-methyl/N-ethyl adjacent to an activating group) is 2. The van der Waals surface area contributed by atoms with E-state index in [-0.39, 0.29) is 0 Å². The lowest BCUT2D eigenvalue weighted by Crippen LogP contribution is -2.58. The van der Waals surface area contributed by atoms with Crippen molar-refractivity contribution in [3.8, 4) is 0 Å². The summed E-state index contributed by atoms with van der Waals surface area (Å²) in [6.45, 7) is 11.9. The highest BCUT2D eigenvalue weighted by Crippen LogP contribution is 2.36. The number of hydrogen-bond acceptors (Lipinski definition) is 2. The van der Waals surface area contributed by atoms with Gasteiger partial charge in [-0.05, 0) is 33.5 Å². The predicted octanol–water partition coefficient (Wildman–Crippen LogP) is 2.45. The zero-order valence-electron chi connectivity index (χ0n) is 10.9. The molecular weight excluding hydrogens is 172 g/mol. The SMILES string of the molecule is CC.CC.CN1CCC2(CCN2C)C1. The second kappa shape index (κ2) is 6.41. The molecule has 2 rings (SSSR count). The van der Waals surface area contributed by atoms with Crippen LogP contribution in [0.15, 0.2) is 0 Å². The summed E-state index contributed by atoms with van der Waals surface area (Å²) in [6, 6.07) is 0. The van der Waals surface area contributed by atoms with Crippen LogP contribution in [0.3, 0.4) is 0 Å². The molecule has 2 fully saturated rings. The molecule has 2 aliphatic heterocycles. The summed E-state index contributed by atoms with van der Waals surface area (Å²) in [5.74, 6) is 0. The fourth-order valence-corrected chi connectivity index (χ4v) is 2.23. The van der Waals surface area contributed by atoms with Gasteiger partial charge in [0.05, 0.1) is 0 Å². The van der Waals surface area contributed by atoms with Gasteiger partial charge in [0.15, 0.2) is 0 Å². The Balaban J connectivity index is 0.000000379. The summed E-state index contributed by atoms with van der Waals surface area (Å²) >= 11 is 0. The lowest BCUT2D eigenvalue weighted by molar-refractivity contribution is 0.0215. The van der Waals surface area contributed by atoms with Crippen LogP contribution in [-0.2, 0) is 0 Å². The van der Waals surface area contributed by atoms with Gasteiger partial charge in [-0.2, -0.15) is 0 Å². The maximum absolute atomic E-state index is 2.51. The molecule has 2 heteroatoms. The standard InChI is InChI=1S/C8H16N2.2C2H6/c1-9-5-3-8(7-9)4-6-10(8)2;2*1-2/h3-7H2,1-2H3;2*1-2H3. The van der Waals surface area contributed by atoms with E-state index in [0.29, 0.717) is 5.54 Å². The van der Waals surface area contributed by atoms with Crippen LogP contribution >= 0.6 is 0 Å². The Morgan fingerprint density at radius 3 is 1.50 bits per heavy atom. The molecule has 2 saturated heterocycles. The highest BCUT2D eigenvalue weighted by molar-refractivity contribution is 5.03. The topological polar surface area (TPSA) is 6.48 Å². The average Bonchev–Trinajstić information content (AvgIpc) is 2.67. The molecule has 0 bridgehead atoms. The van der Waals surface area contributed by atoms with Gasteiger partial charge in [0, 0.05) is 18.6 Å². The smallest absolute Gasteiger partial charge is 0.0357 e. The Morgan fingerprint density at radius 2 is 1.36 bits per heavy atom. The van der Waals surface area contributed by atoms with Crippen LogP contribution < -0.4 is 0 Å². The lowest BCUT2D eigenvalue weighted by Gasteiger charge is -2.48. The zero-order valence-corrected chi connectivity index (χ0v) is 10.9. The van der Waals surface area contributed by atoms with Gasteiger partial charge in [0.2, 0.25) is 0 Å². The highest BCUT2D eigenvalue weighted by atomic mass is 15.3. The molecular formula is C12H28N2. The van der Waals surface area contributed by atoms with E-state index in [0.717, 1.165) is 0 Å². The van der Waals surface area contributed by atoms with Crippen molar-refractivity contribution >= 4 is 0 Å². The fourth-order valence-electron chi connectivity index (χ4n) is 2.23. The molecule has 0 aromatic rings. The van der Waals surface area contributed by atoms with Gasteiger partial charge in [0.25, 0.3) is 0 Å². The van der Waals surface area contributed by atoms with Gasteiger partial charge >= 0.3 is 0 Å². The first-order valence-electron chi connectivity index (χ1n) is 6.13. The van der Waals surface area contributed by atoms with Gasteiger partial charge in [0.1, 0.15) is 0 Å². The Morgan fingerprint density at radius 1 is 0.857 bits per heavy atom. The monoisotopic (exact) mass is 200 g/mol. The molecule has 86 valence electrons. The maximum Gasteiger partial charge on any atom is 0.0357 e. The van der Waals surface area contributed by atoms with Crippen molar-refractivity contribution in [2.45, 2.75) is 46.1 Å². The largest absolute Gasteiger partial charge is 0.304 e. The summed E-state index contributed by atoms with van der Waals surface area (Å²) in [5.41, 5.74) is 0.606. The van der Waals surface area contributed by atoms with Crippen LogP contribution in [0.2, 0.25) is 0 Å². The van der Waals surface area contributed by atoms with Crippen LogP contribution in [0.25, 0.3) is 0 Å². The molecule has 1 unspecified atom stereocenters. The molecule has 2 aliphatic rings. The second-order valence-electron chi connectivity index (χ2n) is 3.88. The Kier molecular flexibility index (Phi) is 6.38. The molecule has 0 N–H and O–H groups in total. The van der Waals surface area contributed by atoms with Crippen molar-refractivity contribution in [2.75, 3.05) is 33.7 Å². The number of nitrogens with zero attached hydrogens (tertiary/aromatic N) is 2. The van der Waals surface area contributed by atoms with Crippen molar-refractivity contribution in [1.82, 2.24) is 9.80 Å². The molecule has 0 aromatic heterocycles. The minimum absolute atomic E-state index is 0.606. The van der Waals surface area contributed by atoms with Crippen LogP contribution in [-0.4, -0.2) is 49.1 Å². The van der Waals surface area contributed by atoms with Crippen molar-refractivity contribution < 1.29 is 0 Å². The average molecular weight is 200 g/mol. The first-order valence-corrected chi connectivity index (χ1v) is 6.13. The lowest BCUT2D eigenvalue weighted by atomic mass is 9.85. The Labute approximate surface area is 90.3 Å². The van der Waals surface area contributed by atoms with E-state index in [2.05, 4.69) is 23.9 Å². The second-order valence-corrected chi connectivity index (χ2v) is 3.88. The van der Waals surface area contributed by atoms with Crippen molar-refractivity contribution in [2.24, 2.45) is 0 Å². The van der Waals surface area contributed by atoms with Crippen LogP contribution in [0.1, 0.15) is 40.5 Å². The van der Waals surface area contributed by atoms with E-state index in [1.807, 2.05) is 27.7 Å². The van der Waals surface area contributed by atoms with Crippen LogP contribution in [0.4, 0.5) is 0 Å². The minimum atomic E-state index is 0.606. The predicted molar refractivity (Wildman–Crippen MR) is 64.8 cm³/mol. The van der Waals surface area contributed by atoms with Crippen LogP contribution in [0.5, 0.6) is 0 Å². The summed E-state index contributed by atoms with van der Waals surface area (Å²) in [4.78, 5) is 4.95. The third-order valence-electron chi connectivity index (χ3n) is 3.25. The highest BCUT2D eigenvalue weighted by Gasteiger charge is 2.45. The molecule has 1 spiro atoms. The molecule has 2 heterocycles. The summed E-state index contributed by atoms with van der Waals surface area (Å²) in [6.07, 6.45) is 2.81. The Bertz CT molecular complexity index is 147. The minimum Gasteiger partial charge on any atom is -0.304 e. The third kappa shape index (κ3) is 2.71. The molecule has 2 nitrogen and oxygen atoms in total. The summed E-state index contributed by atoms with van der Waals surface area (Å²) < 4.78 is 0. The molecule has 0 radical (unpaired) electrons. The summed E-state index contributed by atoms with van der Waals surface area (Å²) in [5, 5.41) is 0. The van der Waals surface area contributed by atoms with Gasteiger partial charge in [-0.1, -0.05) is 27.7 Å². The van der Waals surface area contributed by atoms with E-state index in [4.69, 9.17) is 0 Å². The van der Waals surface area contributed by atoms with E-state index in [9.17, 15) is 0 Å².